The van der Waals surface area contributed by atoms with Crippen LogP contribution in [0, 0.1) is 5.82 Å². The average molecular weight is 460 g/mol. The minimum Gasteiger partial charge on any atom is -0.489 e. The van der Waals surface area contributed by atoms with E-state index < -0.39 is 0 Å². The fourth-order valence-corrected chi connectivity index (χ4v) is 4.25. The van der Waals surface area contributed by atoms with Gasteiger partial charge in [-0.25, -0.2) is 14.4 Å². The maximum atomic E-state index is 13.5. The molecule has 0 spiro atoms. The maximum absolute atomic E-state index is 13.5. The lowest BCUT2D eigenvalue weighted by Crippen LogP contribution is -2.42. The minimum absolute atomic E-state index is 0.0424. The first-order chi connectivity index (χ1) is 16.6. The number of benzene rings is 2. The molecule has 4 aromatic rings. The zero-order valence-electron chi connectivity index (χ0n) is 18.7. The molecular weight excluding hydrogens is 433 g/mol. The molecule has 1 fully saturated rings. The number of imidazole rings is 1. The summed E-state index contributed by atoms with van der Waals surface area (Å²) >= 11 is 0. The largest absolute Gasteiger partial charge is 0.489 e. The molecule has 1 saturated heterocycles. The molecule has 0 radical (unpaired) electrons. The van der Waals surface area contributed by atoms with Gasteiger partial charge < -0.3 is 15.0 Å². The van der Waals surface area contributed by atoms with Crippen LogP contribution in [-0.4, -0.2) is 57.0 Å². The third-order valence-electron chi connectivity index (χ3n) is 5.99. The number of halogens is 1. The molecule has 174 valence electrons. The van der Waals surface area contributed by atoms with Gasteiger partial charge in [-0.1, -0.05) is 30.3 Å². The Morgan fingerprint density at radius 1 is 1.15 bits per heavy atom. The SMILES string of the molecule is O=C(c1cn2cccnc2n1)N(CCc1ccc(F)cc1)C[C@@H]1C[C@H](Oc2ccccc2)CN1. The van der Waals surface area contributed by atoms with Crippen LogP contribution in [0.15, 0.2) is 79.3 Å². The average Bonchev–Trinajstić information content (AvgIpc) is 3.49. The molecule has 1 N–H and O–H groups in total. The molecule has 2 aromatic carbocycles. The van der Waals surface area contributed by atoms with Crippen molar-refractivity contribution in [2.24, 2.45) is 0 Å². The topological polar surface area (TPSA) is 71.8 Å². The maximum Gasteiger partial charge on any atom is 0.274 e. The monoisotopic (exact) mass is 459 g/mol. The van der Waals surface area contributed by atoms with Crippen molar-refractivity contribution in [3.05, 3.63) is 96.3 Å². The first-order valence-corrected chi connectivity index (χ1v) is 11.4. The minimum atomic E-state index is -0.270. The fraction of sp³-hybridized carbons (Fsp3) is 0.269. The molecule has 0 unspecified atom stereocenters. The van der Waals surface area contributed by atoms with E-state index in [1.165, 1.54) is 12.1 Å². The summed E-state index contributed by atoms with van der Waals surface area (Å²) in [6, 6.07) is 18.1. The fourth-order valence-electron chi connectivity index (χ4n) is 4.25. The van der Waals surface area contributed by atoms with Crippen LogP contribution in [-0.2, 0) is 6.42 Å². The van der Waals surface area contributed by atoms with Crippen LogP contribution in [0.5, 0.6) is 5.75 Å². The number of hydrogen-bond acceptors (Lipinski definition) is 5. The quantitative estimate of drug-likeness (QED) is 0.438. The summed E-state index contributed by atoms with van der Waals surface area (Å²) in [5, 5.41) is 3.49. The molecule has 7 nitrogen and oxygen atoms in total. The number of carbonyl (C=O) groups is 1. The Morgan fingerprint density at radius 3 is 2.76 bits per heavy atom. The van der Waals surface area contributed by atoms with Crippen molar-refractivity contribution in [2.45, 2.75) is 25.0 Å². The van der Waals surface area contributed by atoms with Gasteiger partial charge in [0.2, 0.25) is 5.78 Å². The Hall–Kier alpha value is -3.78. The van der Waals surface area contributed by atoms with Gasteiger partial charge in [-0.3, -0.25) is 9.20 Å². The Bertz CT molecular complexity index is 1210. The number of nitrogens with one attached hydrogen (secondary N) is 1. The number of ether oxygens (including phenoxy) is 1. The van der Waals surface area contributed by atoms with E-state index in [1.807, 2.05) is 41.4 Å². The third-order valence-corrected chi connectivity index (χ3v) is 5.99. The van der Waals surface area contributed by atoms with Crippen LogP contribution in [0.2, 0.25) is 0 Å². The van der Waals surface area contributed by atoms with Gasteiger partial charge >= 0.3 is 0 Å². The van der Waals surface area contributed by atoms with E-state index in [9.17, 15) is 9.18 Å². The van der Waals surface area contributed by atoms with Gasteiger partial charge in [-0.05, 0) is 42.3 Å². The molecule has 2 atom stereocenters. The lowest BCUT2D eigenvalue weighted by Gasteiger charge is -2.25. The second-order valence-corrected chi connectivity index (χ2v) is 8.47. The number of hydrogen-bond donors (Lipinski definition) is 1. The van der Waals surface area contributed by atoms with Gasteiger partial charge in [-0.15, -0.1) is 0 Å². The number of carbonyl (C=O) groups excluding carboxylic acids is 1. The third kappa shape index (κ3) is 5.23. The van der Waals surface area contributed by atoms with E-state index in [-0.39, 0.29) is 23.9 Å². The highest BCUT2D eigenvalue weighted by Gasteiger charge is 2.29. The Morgan fingerprint density at radius 2 is 1.97 bits per heavy atom. The predicted octanol–water partition coefficient (Wildman–Crippen LogP) is 3.36. The van der Waals surface area contributed by atoms with Crippen LogP contribution in [0.25, 0.3) is 5.78 Å². The number of para-hydroxylation sites is 1. The molecule has 2 aromatic heterocycles. The second kappa shape index (κ2) is 10.0. The lowest BCUT2D eigenvalue weighted by atomic mass is 10.1. The van der Waals surface area contributed by atoms with Crippen molar-refractivity contribution in [3.8, 4) is 5.75 Å². The Kier molecular flexibility index (Phi) is 6.49. The van der Waals surface area contributed by atoms with Crippen molar-refractivity contribution >= 4 is 11.7 Å². The second-order valence-electron chi connectivity index (χ2n) is 8.47. The number of fused-ring (bicyclic) bond motifs is 1. The first-order valence-electron chi connectivity index (χ1n) is 11.4. The highest BCUT2D eigenvalue weighted by Crippen LogP contribution is 2.18. The molecule has 0 aliphatic carbocycles. The van der Waals surface area contributed by atoms with Crippen molar-refractivity contribution in [2.75, 3.05) is 19.6 Å². The molecule has 0 saturated carbocycles. The molecule has 0 bridgehead atoms. The van der Waals surface area contributed by atoms with Crippen LogP contribution in [0.1, 0.15) is 22.5 Å². The van der Waals surface area contributed by atoms with Gasteiger partial charge in [0.15, 0.2) is 0 Å². The zero-order chi connectivity index (χ0) is 23.3. The lowest BCUT2D eigenvalue weighted by molar-refractivity contribution is 0.0736. The highest BCUT2D eigenvalue weighted by atomic mass is 19.1. The van der Waals surface area contributed by atoms with Crippen LogP contribution >= 0.6 is 0 Å². The van der Waals surface area contributed by atoms with Gasteiger partial charge in [0.05, 0.1) is 0 Å². The summed E-state index contributed by atoms with van der Waals surface area (Å²) in [6.45, 7) is 1.74. The van der Waals surface area contributed by atoms with E-state index in [0.717, 1.165) is 24.3 Å². The summed E-state index contributed by atoms with van der Waals surface area (Å²) in [7, 11) is 0. The van der Waals surface area contributed by atoms with Gasteiger partial charge in [0.1, 0.15) is 23.4 Å². The van der Waals surface area contributed by atoms with Gasteiger partial charge in [-0.2, -0.15) is 0 Å². The van der Waals surface area contributed by atoms with Crippen LogP contribution in [0.4, 0.5) is 4.39 Å². The highest BCUT2D eigenvalue weighted by molar-refractivity contribution is 5.92. The van der Waals surface area contributed by atoms with E-state index >= 15 is 0 Å². The summed E-state index contributed by atoms with van der Waals surface area (Å²) < 4.78 is 21.1. The smallest absolute Gasteiger partial charge is 0.274 e. The summed E-state index contributed by atoms with van der Waals surface area (Å²) in [5.41, 5.74) is 1.33. The van der Waals surface area contributed by atoms with Crippen molar-refractivity contribution in [1.29, 1.82) is 0 Å². The summed E-state index contributed by atoms with van der Waals surface area (Å²) in [6.07, 6.45) is 6.63. The normalized spacial score (nSPS) is 17.7. The molecule has 34 heavy (non-hydrogen) atoms. The molecule has 1 aliphatic heterocycles. The number of amides is 1. The van der Waals surface area contributed by atoms with E-state index in [0.29, 0.717) is 31.0 Å². The van der Waals surface area contributed by atoms with E-state index in [4.69, 9.17) is 4.74 Å². The molecule has 1 aliphatic rings. The molecule has 1 amide bonds. The Balaban J connectivity index is 1.29. The molecular formula is C26H26FN5O2. The number of nitrogens with zero attached hydrogens (tertiary/aromatic N) is 4. The molecule has 3 heterocycles. The first kappa shape index (κ1) is 22.0. The van der Waals surface area contributed by atoms with Gasteiger partial charge in [0.25, 0.3) is 5.91 Å². The van der Waals surface area contributed by atoms with Crippen molar-refractivity contribution in [3.63, 3.8) is 0 Å². The standard InChI is InChI=1S/C26H26FN5O2/c27-20-9-7-19(8-10-20)11-14-31(25(33)24-18-32-13-4-12-28-26(32)30-24)17-21-15-23(16-29-21)34-22-5-2-1-3-6-22/h1-10,12-13,18,21,23,29H,11,14-17H2/t21-,23-/m0/s1. The number of rotatable bonds is 8. The van der Waals surface area contributed by atoms with Crippen LogP contribution in [0.3, 0.4) is 0 Å². The van der Waals surface area contributed by atoms with E-state index in [2.05, 4.69) is 15.3 Å². The van der Waals surface area contributed by atoms with E-state index in [1.54, 1.807) is 35.0 Å². The Labute approximate surface area is 197 Å². The van der Waals surface area contributed by atoms with Crippen molar-refractivity contribution in [1.82, 2.24) is 24.6 Å². The summed E-state index contributed by atoms with van der Waals surface area (Å²) in [4.78, 5) is 23.9. The zero-order valence-corrected chi connectivity index (χ0v) is 18.7. The van der Waals surface area contributed by atoms with Crippen LogP contribution < -0.4 is 10.1 Å². The molecule has 8 heteroatoms. The predicted molar refractivity (Wildman–Crippen MR) is 126 cm³/mol. The molecule has 5 rings (SSSR count). The van der Waals surface area contributed by atoms with Gasteiger partial charge in [0, 0.05) is 50.7 Å². The number of aromatic nitrogens is 3. The summed E-state index contributed by atoms with van der Waals surface area (Å²) in [5.74, 6) is 0.909. The van der Waals surface area contributed by atoms with Crippen molar-refractivity contribution < 1.29 is 13.9 Å².